The predicted molar refractivity (Wildman–Crippen MR) is 58.3 cm³/mol. The minimum atomic E-state index is 0. The van der Waals surface area contributed by atoms with Gasteiger partial charge in [0.25, 0.3) is 0 Å². The molecule has 0 aromatic carbocycles. The second-order valence-electron chi connectivity index (χ2n) is 3.87. The zero-order valence-electron chi connectivity index (χ0n) is 9.29. The summed E-state index contributed by atoms with van der Waals surface area (Å²) in [6, 6.07) is 0.645. The number of hydrogen-bond donors (Lipinski definition) is 1. The number of rotatable bonds is 6. The largest absolute Gasteiger partial charge is 0.369 e. The van der Waals surface area contributed by atoms with E-state index in [2.05, 4.69) is 24.2 Å². The molecule has 1 unspecified atom stereocenters. The van der Waals surface area contributed by atoms with E-state index in [0.717, 1.165) is 13.0 Å². The topological polar surface area (TPSA) is 24.4 Å². The monoisotopic (exact) mass is 240 g/mol. The third-order valence-corrected chi connectivity index (χ3v) is 2.55. The maximum atomic E-state index is 4.51. The van der Waals surface area contributed by atoms with E-state index in [1.165, 1.54) is 37.9 Å². The molecule has 0 spiro atoms. The molecular formula is C11H22N2Ni. The number of nitrogens with zero attached hydrogens (tertiary/aromatic N) is 1. The van der Waals surface area contributed by atoms with Gasteiger partial charge in [-0.3, -0.25) is 4.99 Å². The van der Waals surface area contributed by atoms with Gasteiger partial charge in [-0.2, -0.15) is 0 Å². The van der Waals surface area contributed by atoms with Gasteiger partial charge in [0.1, 0.15) is 0 Å². The molecule has 0 radical (unpaired) electrons. The van der Waals surface area contributed by atoms with Gasteiger partial charge in [-0.1, -0.05) is 33.1 Å². The molecule has 0 aromatic heterocycles. The van der Waals surface area contributed by atoms with Crippen molar-refractivity contribution < 1.29 is 16.5 Å². The molecule has 0 bridgehead atoms. The molecule has 86 valence electrons. The molecule has 1 atom stereocenters. The Bertz CT molecular complexity index is 169. The van der Waals surface area contributed by atoms with E-state index >= 15 is 0 Å². The van der Waals surface area contributed by atoms with E-state index in [0.29, 0.717) is 6.04 Å². The standard InChI is InChI=1S/C11H22N2.Ni/c1-3-5-7-10-9-12-11(13-10)8-6-4-2;/h10H,3-9H2,1-2H3,(H,12,13);. The summed E-state index contributed by atoms with van der Waals surface area (Å²) in [4.78, 5) is 4.51. The van der Waals surface area contributed by atoms with Crippen LogP contribution in [0.15, 0.2) is 4.99 Å². The Hall–Kier alpha value is -0.0365. The van der Waals surface area contributed by atoms with Gasteiger partial charge < -0.3 is 5.32 Å². The van der Waals surface area contributed by atoms with Crippen LogP contribution in [-0.2, 0) is 16.5 Å². The average Bonchev–Trinajstić information content (AvgIpc) is 2.59. The van der Waals surface area contributed by atoms with Crippen LogP contribution in [0.2, 0.25) is 0 Å². The first-order valence-electron chi connectivity index (χ1n) is 5.66. The van der Waals surface area contributed by atoms with Crippen LogP contribution in [0.4, 0.5) is 0 Å². The molecule has 0 saturated carbocycles. The number of unbranched alkanes of at least 4 members (excludes halogenated alkanes) is 2. The molecule has 1 aliphatic heterocycles. The van der Waals surface area contributed by atoms with Crippen molar-refractivity contribution >= 4 is 5.84 Å². The maximum absolute atomic E-state index is 4.51. The zero-order chi connectivity index (χ0) is 9.52. The molecule has 1 aliphatic rings. The molecule has 1 rings (SSSR count). The molecule has 0 fully saturated rings. The van der Waals surface area contributed by atoms with Crippen LogP contribution in [0.25, 0.3) is 0 Å². The fraction of sp³-hybridized carbons (Fsp3) is 0.909. The van der Waals surface area contributed by atoms with Gasteiger partial charge in [0.05, 0.1) is 12.4 Å². The summed E-state index contributed by atoms with van der Waals surface area (Å²) < 4.78 is 0. The van der Waals surface area contributed by atoms with Gasteiger partial charge >= 0.3 is 0 Å². The van der Waals surface area contributed by atoms with Crippen molar-refractivity contribution in [3.63, 3.8) is 0 Å². The van der Waals surface area contributed by atoms with Crippen molar-refractivity contribution in [3.05, 3.63) is 0 Å². The third-order valence-electron chi connectivity index (χ3n) is 2.55. The second-order valence-corrected chi connectivity index (χ2v) is 3.87. The molecule has 3 heteroatoms. The summed E-state index contributed by atoms with van der Waals surface area (Å²) in [6.07, 6.45) is 7.60. The first-order chi connectivity index (χ1) is 6.36. The molecule has 14 heavy (non-hydrogen) atoms. The van der Waals surface area contributed by atoms with Gasteiger partial charge in [-0.15, -0.1) is 0 Å². The van der Waals surface area contributed by atoms with Crippen LogP contribution in [0.5, 0.6) is 0 Å². The van der Waals surface area contributed by atoms with E-state index < -0.39 is 0 Å². The van der Waals surface area contributed by atoms with Crippen molar-refractivity contribution in [1.82, 2.24) is 5.32 Å². The van der Waals surface area contributed by atoms with E-state index in [1.54, 1.807) is 0 Å². The van der Waals surface area contributed by atoms with E-state index in [4.69, 9.17) is 0 Å². The number of aliphatic imine (C=N–C) groups is 1. The summed E-state index contributed by atoms with van der Waals surface area (Å²) in [5, 5.41) is 3.51. The number of nitrogens with one attached hydrogen (secondary N) is 1. The summed E-state index contributed by atoms with van der Waals surface area (Å²) in [5.41, 5.74) is 0. The Balaban J connectivity index is 0.00000169. The number of hydrogen-bond acceptors (Lipinski definition) is 2. The summed E-state index contributed by atoms with van der Waals surface area (Å²) in [7, 11) is 0. The first-order valence-corrected chi connectivity index (χ1v) is 5.66. The van der Waals surface area contributed by atoms with Gasteiger partial charge in [0.15, 0.2) is 0 Å². The fourth-order valence-electron chi connectivity index (χ4n) is 1.66. The molecule has 0 aliphatic carbocycles. The Kier molecular flexibility index (Phi) is 8.26. The van der Waals surface area contributed by atoms with Crippen LogP contribution in [0, 0.1) is 0 Å². The van der Waals surface area contributed by atoms with E-state index in [9.17, 15) is 0 Å². The molecule has 1 heterocycles. The Morgan fingerprint density at radius 2 is 2.00 bits per heavy atom. The van der Waals surface area contributed by atoms with Crippen molar-refractivity contribution in [2.75, 3.05) is 6.54 Å². The van der Waals surface area contributed by atoms with Crippen molar-refractivity contribution in [2.45, 2.75) is 58.4 Å². The molecule has 0 amide bonds. The molecular weight excluding hydrogens is 219 g/mol. The quantitative estimate of drug-likeness (QED) is 0.710. The van der Waals surface area contributed by atoms with Crippen LogP contribution in [-0.4, -0.2) is 18.4 Å². The molecule has 1 N–H and O–H groups in total. The van der Waals surface area contributed by atoms with Crippen LogP contribution in [0.1, 0.15) is 52.4 Å². The molecule has 0 saturated heterocycles. The van der Waals surface area contributed by atoms with Crippen LogP contribution >= 0.6 is 0 Å². The van der Waals surface area contributed by atoms with Crippen molar-refractivity contribution in [3.8, 4) is 0 Å². The van der Waals surface area contributed by atoms with Gasteiger partial charge in [-0.25, -0.2) is 0 Å². The first kappa shape index (κ1) is 14.0. The average molecular weight is 241 g/mol. The second kappa shape index (κ2) is 8.29. The smallest absolute Gasteiger partial charge is 0.0966 e. The summed E-state index contributed by atoms with van der Waals surface area (Å²) >= 11 is 0. The van der Waals surface area contributed by atoms with Crippen molar-refractivity contribution in [1.29, 1.82) is 0 Å². The normalized spacial score (nSPS) is 19.9. The Morgan fingerprint density at radius 1 is 1.29 bits per heavy atom. The SMILES string of the molecule is CCCCC1=NCC(CCCC)N1.[Ni]. The number of amidine groups is 1. The van der Waals surface area contributed by atoms with Crippen LogP contribution in [0.3, 0.4) is 0 Å². The van der Waals surface area contributed by atoms with E-state index in [1.807, 2.05) is 0 Å². The molecule has 0 aromatic rings. The summed E-state index contributed by atoms with van der Waals surface area (Å²) in [5.74, 6) is 1.25. The Morgan fingerprint density at radius 3 is 2.64 bits per heavy atom. The predicted octanol–water partition coefficient (Wildman–Crippen LogP) is 2.73. The van der Waals surface area contributed by atoms with Crippen molar-refractivity contribution in [2.24, 2.45) is 4.99 Å². The minimum Gasteiger partial charge on any atom is -0.369 e. The zero-order valence-corrected chi connectivity index (χ0v) is 10.3. The molecule has 2 nitrogen and oxygen atoms in total. The van der Waals surface area contributed by atoms with Gasteiger partial charge in [0, 0.05) is 29.0 Å². The maximum Gasteiger partial charge on any atom is 0.0966 e. The van der Waals surface area contributed by atoms with E-state index in [-0.39, 0.29) is 16.5 Å². The van der Waals surface area contributed by atoms with Gasteiger partial charge in [0.2, 0.25) is 0 Å². The third kappa shape index (κ3) is 5.00. The van der Waals surface area contributed by atoms with Gasteiger partial charge in [-0.05, 0) is 12.8 Å². The fourth-order valence-corrected chi connectivity index (χ4v) is 1.66. The minimum absolute atomic E-state index is 0. The summed E-state index contributed by atoms with van der Waals surface area (Å²) in [6.45, 7) is 5.48. The Labute approximate surface area is 97.9 Å². The van der Waals surface area contributed by atoms with Crippen LogP contribution < -0.4 is 5.32 Å².